The van der Waals surface area contributed by atoms with E-state index in [1.54, 1.807) is 19.2 Å². The molecular formula is C20H25FN2O2Si. The fraction of sp³-hybridized carbons (Fsp3) is 0.350. The van der Waals surface area contributed by atoms with Crippen molar-refractivity contribution >= 4 is 24.9 Å². The summed E-state index contributed by atoms with van der Waals surface area (Å²) in [5.74, 6) is 0.355. The van der Waals surface area contributed by atoms with E-state index in [2.05, 4.69) is 30.3 Å². The van der Waals surface area contributed by atoms with E-state index in [4.69, 9.17) is 4.74 Å². The number of ether oxygens (including phenoxy) is 1. The molecule has 0 bridgehead atoms. The lowest BCUT2D eigenvalue weighted by atomic mass is 9.93. The van der Waals surface area contributed by atoms with Gasteiger partial charge in [0.05, 0.1) is 15.2 Å². The molecule has 1 atom stereocenters. The number of halogens is 1. The summed E-state index contributed by atoms with van der Waals surface area (Å²) in [6.45, 7) is 7.00. The van der Waals surface area contributed by atoms with Gasteiger partial charge in [-0.15, -0.1) is 0 Å². The van der Waals surface area contributed by atoms with E-state index in [1.807, 2.05) is 18.2 Å². The molecule has 3 rings (SSSR count). The van der Waals surface area contributed by atoms with Crippen LogP contribution in [0.5, 0.6) is 5.75 Å². The molecule has 0 aliphatic carbocycles. The van der Waals surface area contributed by atoms with Crippen molar-refractivity contribution in [1.82, 2.24) is 5.32 Å². The number of amides is 1. The Labute approximate surface area is 154 Å². The van der Waals surface area contributed by atoms with Gasteiger partial charge in [-0.05, 0) is 47.0 Å². The van der Waals surface area contributed by atoms with Gasteiger partial charge in [0.1, 0.15) is 17.6 Å². The van der Waals surface area contributed by atoms with E-state index in [-0.39, 0.29) is 11.7 Å². The Morgan fingerprint density at radius 3 is 2.65 bits per heavy atom. The Kier molecular flexibility index (Phi) is 5.16. The summed E-state index contributed by atoms with van der Waals surface area (Å²) in [7, 11) is -0.111. The van der Waals surface area contributed by atoms with Crippen molar-refractivity contribution in [3.63, 3.8) is 0 Å². The minimum atomic E-state index is -1.74. The molecule has 2 aromatic rings. The summed E-state index contributed by atoms with van der Waals surface area (Å²) < 4.78 is 19.7. The molecule has 1 aliphatic heterocycles. The summed E-state index contributed by atoms with van der Waals surface area (Å²) >= 11 is 0. The Bertz CT molecular complexity index is 833. The lowest BCUT2D eigenvalue weighted by molar-refractivity contribution is -0.118. The molecule has 1 heterocycles. The Morgan fingerprint density at radius 1 is 1.23 bits per heavy atom. The number of nitrogens with one attached hydrogen (secondary N) is 2. The van der Waals surface area contributed by atoms with E-state index in [9.17, 15) is 9.18 Å². The van der Waals surface area contributed by atoms with Crippen molar-refractivity contribution in [2.45, 2.75) is 32.1 Å². The minimum Gasteiger partial charge on any atom is -0.497 e. The third kappa shape index (κ3) is 3.81. The summed E-state index contributed by atoms with van der Waals surface area (Å²) in [5.41, 5.74) is 2.52. The van der Waals surface area contributed by atoms with E-state index >= 15 is 0 Å². The minimum absolute atomic E-state index is 0.184. The first-order valence-electron chi connectivity index (χ1n) is 8.80. The maximum atomic E-state index is 14.4. The summed E-state index contributed by atoms with van der Waals surface area (Å²) in [6.07, 6.45) is 0.843. The van der Waals surface area contributed by atoms with Crippen molar-refractivity contribution in [1.29, 1.82) is 0 Å². The molecule has 0 aromatic heterocycles. The third-order valence-corrected chi connectivity index (χ3v) is 6.73. The normalized spacial score (nSPS) is 16.7. The Hall–Kier alpha value is -2.18. The van der Waals surface area contributed by atoms with Crippen molar-refractivity contribution in [3.8, 4) is 5.75 Å². The number of methoxy groups -OCH3 is 1. The second-order valence-corrected chi connectivity index (χ2v) is 12.7. The first-order chi connectivity index (χ1) is 12.3. The van der Waals surface area contributed by atoms with Crippen molar-refractivity contribution in [2.75, 3.05) is 19.0 Å². The topological polar surface area (TPSA) is 50.4 Å². The van der Waals surface area contributed by atoms with Crippen molar-refractivity contribution in [3.05, 3.63) is 53.3 Å². The second-order valence-electron chi connectivity index (χ2n) is 7.64. The highest BCUT2D eigenvalue weighted by molar-refractivity contribution is 6.88. The first-order valence-corrected chi connectivity index (χ1v) is 12.3. The van der Waals surface area contributed by atoms with Crippen molar-refractivity contribution < 1.29 is 13.9 Å². The van der Waals surface area contributed by atoms with Gasteiger partial charge in [-0.2, -0.15) is 0 Å². The van der Waals surface area contributed by atoms with Crippen LogP contribution in [0.15, 0.2) is 36.4 Å². The number of carbonyl (C=O) groups is 1. The fourth-order valence-corrected chi connectivity index (χ4v) is 4.69. The SMILES string of the molecule is COc1ccc2c(c1)CCN[C@H]2C(=O)Nc1ccc([Si](C)(C)C)c(F)c1. The number of carbonyl (C=O) groups excluding carboxylic acids is 1. The van der Waals surface area contributed by atoms with Gasteiger partial charge in [-0.25, -0.2) is 4.39 Å². The van der Waals surface area contributed by atoms with Crippen molar-refractivity contribution in [2.24, 2.45) is 0 Å². The summed E-state index contributed by atoms with van der Waals surface area (Å²) in [4.78, 5) is 12.8. The summed E-state index contributed by atoms with van der Waals surface area (Å²) in [6, 6.07) is 10.3. The second kappa shape index (κ2) is 7.21. The van der Waals surface area contributed by atoms with Gasteiger partial charge in [-0.3, -0.25) is 4.79 Å². The molecule has 0 saturated carbocycles. The Balaban J connectivity index is 1.81. The van der Waals surface area contributed by atoms with Crippen LogP contribution in [0.1, 0.15) is 17.2 Å². The molecule has 0 unspecified atom stereocenters. The van der Waals surface area contributed by atoms with Gasteiger partial charge in [0, 0.05) is 12.2 Å². The number of rotatable bonds is 4. The average molecular weight is 373 g/mol. The molecule has 2 aromatic carbocycles. The smallest absolute Gasteiger partial charge is 0.246 e. The maximum absolute atomic E-state index is 14.4. The van der Waals surface area contributed by atoms with Crippen LogP contribution in [-0.2, 0) is 11.2 Å². The van der Waals surface area contributed by atoms with Gasteiger partial charge >= 0.3 is 0 Å². The molecule has 0 fully saturated rings. The van der Waals surface area contributed by atoms with E-state index < -0.39 is 14.1 Å². The highest BCUT2D eigenvalue weighted by Crippen LogP contribution is 2.27. The van der Waals surface area contributed by atoms with Crippen LogP contribution in [0.3, 0.4) is 0 Å². The zero-order valence-corrected chi connectivity index (χ0v) is 16.7. The van der Waals surface area contributed by atoms with Gasteiger partial charge in [0.15, 0.2) is 0 Å². The van der Waals surface area contributed by atoms with Crippen LogP contribution >= 0.6 is 0 Å². The maximum Gasteiger partial charge on any atom is 0.246 e. The number of benzene rings is 2. The van der Waals surface area contributed by atoms with Crippen LogP contribution in [0.25, 0.3) is 0 Å². The molecule has 26 heavy (non-hydrogen) atoms. The van der Waals surface area contributed by atoms with Gasteiger partial charge < -0.3 is 15.4 Å². The molecule has 1 aliphatic rings. The molecule has 6 heteroatoms. The molecule has 0 saturated heterocycles. The molecular weight excluding hydrogens is 347 g/mol. The molecule has 4 nitrogen and oxygen atoms in total. The zero-order valence-electron chi connectivity index (χ0n) is 15.7. The largest absolute Gasteiger partial charge is 0.497 e. The number of hydrogen-bond acceptors (Lipinski definition) is 3. The van der Waals surface area contributed by atoms with E-state index in [1.165, 1.54) is 6.07 Å². The first kappa shape index (κ1) is 18.6. The molecule has 0 spiro atoms. The van der Waals surface area contributed by atoms with Crippen LogP contribution in [0, 0.1) is 5.82 Å². The van der Waals surface area contributed by atoms with E-state index in [0.29, 0.717) is 12.2 Å². The molecule has 2 N–H and O–H groups in total. The highest BCUT2D eigenvalue weighted by atomic mass is 28.3. The monoisotopic (exact) mass is 372 g/mol. The lowest BCUT2D eigenvalue weighted by Crippen LogP contribution is -2.40. The Morgan fingerprint density at radius 2 is 2.00 bits per heavy atom. The number of anilines is 1. The molecule has 138 valence electrons. The quantitative estimate of drug-likeness (QED) is 0.811. The molecule has 1 amide bonds. The average Bonchev–Trinajstić information content (AvgIpc) is 2.59. The standard InChI is InChI=1S/C20H25FN2O2Si/c1-25-15-6-7-16-13(11-15)9-10-22-19(16)20(24)23-14-5-8-18(17(21)12-14)26(2,3)4/h5-8,11-12,19,22H,9-10H2,1-4H3,(H,23,24)/t19-/m1/s1. The fourth-order valence-electron chi connectivity index (χ4n) is 3.32. The predicted molar refractivity (Wildman–Crippen MR) is 105 cm³/mol. The van der Waals surface area contributed by atoms with Gasteiger partial charge in [-0.1, -0.05) is 31.8 Å². The van der Waals surface area contributed by atoms with Crippen LogP contribution in [0.2, 0.25) is 19.6 Å². The van der Waals surface area contributed by atoms with Crippen LogP contribution < -0.4 is 20.6 Å². The molecule has 0 radical (unpaired) electrons. The van der Waals surface area contributed by atoms with E-state index in [0.717, 1.165) is 28.5 Å². The highest BCUT2D eigenvalue weighted by Gasteiger charge is 2.27. The third-order valence-electron chi connectivity index (χ3n) is 4.71. The lowest BCUT2D eigenvalue weighted by Gasteiger charge is -2.26. The van der Waals surface area contributed by atoms with Crippen LogP contribution in [0.4, 0.5) is 10.1 Å². The van der Waals surface area contributed by atoms with Gasteiger partial charge in [0.2, 0.25) is 5.91 Å². The van der Waals surface area contributed by atoms with Crippen LogP contribution in [-0.4, -0.2) is 27.6 Å². The van der Waals surface area contributed by atoms with Gasteiger partial charge in [0.25, 0.3) is 0 Å². The predicted octanol–water partition coefficient (Wildman–Crippen LogP) is 3.21. The number of hydrogen-bond donors (Lipinski definition) is 2. The summed E-state index contributed by atoms with van der Waals surface area (Å²) in [5, 5.41) is 6.85. The number of fused-ring (bicyclic) bond motifs is 1. The zero-order chi connectivity index (χ0) is 18.9.